The van der Waals surface area contributed by atoms with Crippen LogP contribution in [0.15, 0.2) is 49.1 Å². The fourth-order valence-electron chi connectivity index (χ4n) is 1.35. The number of rotatable bonds is 5. The molecule has 0 aromatic heterocycles. The van der Waals surface area contributed by atoms with E-state index in [2.05, 4.69) is 6.58 Å². The summed E-state index contributed by atoms with van der Waals surface area (Å²) in [4.78, 5) is 11.2. The van der Waals surface area contributed by atoms with Crippen molar-refractivity contribution in [3.05, 3.63) is 54.6 Å². The summed E-state index contributed by atoms with van der Waals surface area (Å²) < 4.78 is 5.24. The Hall–Kier alpha value is -1.83. The number of esters is 1. The molecule has 1 unspecified atom stereocenters. The van der Waals surface area contributed by atoms with E-state index in [-0.39, 0.29) is 18.0 Å². The van der Waals surface area contributed by atoms with Crippen LogP contribution >= 0.6 is 0 Å². The van der Waals surface area contributed by atoms with Crippen LogP contribution in [0.1, 0.15) is 19.4 Å². The van der Waals surface area contributed by atoms with Crippen LogP contribution in [0.3, 0.4) is 0 Å². The molecule has 0 spiro atoms. The van der Waals surface area contributed by atoms with E-state index in [0.29, 0.717) is 0 Å². The highest BCUT2D eigenvalue weighted by atomic mass is 16.5. The van der Waals surface area contributed by atoms with Crippen LogP contribution in [-0.4, -0.2) is 12.1 Å². The van der Waals surface area contributed by atoms with Crippen molar-refractivity contribution in [2.24, 2.45) is 5.92 Å². The summed E-state index contributed by atoms with van der Waals surface area (Å²) in [6.45, 7) is 7.41. The molecule has 1 aromatic rings. The van der Waals surface area contributed by atoms with Crippen LogP contribution in [0.25, 0.3) is 6.08 Å². The van der Waals surface area contributed by atoms with Crippen LogP contribution in [0.5, 0.6) is 0 Å². The zero-order valence-corrected chi connectivity index (χ0v) is 10.3. The van der Waals surface area contributed by atoms with Crippen molar-refractivity contribution in [2.45, 2.75) is 20.0 Å². The van der Waals surface area contributed by atoms with Crippen LogP contribution in [-0.2, 0) is 9.53 Å². The van der Waals surface area contributed by atoms with E-state index in [1.165, 1.54) is 6.08 Å². The van der Waals surface area contributed by atoms with Gasteiger partial charge >= 0.3 is 5.97 Å². The second-order valence-corrected chi connectivity index (χ2v) is 4.12. The molecule has 0 N–H and O–H groups in total. The van der Waals surface area contributed by atoms with Crippen molar-refractivity contribution in [3.8, 4) is 0 Å². The average Bonchev–Trinajstić information content (AvgIpc) is 2.35. The molecule has 0 amide bonds. The van der Waals surface area contributed by atoms with Gasteiger partial charge in [0.05, 0.1) is 0 Å². The Kier molecular flexibility index (Phi) is 5.21. The average molecular weight is 230 g/mol. The number of hydrogen-bond donors (Lipinski definition) is 0. The van der Waals surface area contributed by atoms with Gasteiger partial charge in [0.2, 0.25) is 0 Å². The molecule has 17 heavy (non-hydrogen) atoms. The predicted molar refractivity (Wildman–Crippen MR) is 70.4 cm³/mol. The Morgan fingerprint density at radius 3 is 2.47 bits per heavy atom. The molecule has 2 heteroatoms. The summed E-state index contributed by atoms with van der Waals surface area (Å²) in [5, 5.41) is 0. The first-order valence-corrected chi connectivity index (χ1v) is 5.69. The zero-order chi connectivity index (χ0) is 12.7. The molecule has 1 atom stereocenters. The number of benzene rings is 1. The second-order valence-electron chi connectivity index (χ2n) is 4.12. The fourth-order valence-corrected chi connectivity index (χ4v) is 1.35. The fraction of sp³-hybridized carbons (Fsp3) is 0.267. The quantitative estimate of drug-likeness (QED) is 0.572. The van der Waals surface area contributed by atoms with Gasteiger partial charge < -0.3 is 4.74 Å². The number of carbonyl (C=O) groups excluding carboxylic acids is 1. The minimum absolute atomic E-state index is 0.222. The highest BCUT2D eigenvalue weighted by Crippen LogP contribution is 2.11. The number of hydrogen-bond acceptors (Lipinski definition) is 2. The maximum atomic E-state index is 11.2. The minimum atomic E-state index is -0.388. The van der Waals surface area contributed by atoms with Crippen molar-refractivity contribution in [2.75, 3.05) is 0 Å². The molecule has 0 aliphatic rings. The third-order valence-corrected chi connectivity index (χ3v) is 2.35. The van der Waals surface area contributed by atoms with E-state index < -0.39 is 0 Å². The maximum absolute atomic E-state index is 11.2. The monoisotopic (exact) mass is 230 g/mol. The summed E-state index contributed by atoms with van der Waals surface area (Å²) in [5.74, 6) is -0.153. The third kappa shape index (κ3) is 4.68. The van der Waals surface area contributed by atoms with Gasteiger partial charge in [0.15, 0.2) is 0 Å². The molecule has 0 saturated heterocycles. The van der Waals surface area contributed by atoms with Crippen LogP contribution in [0.2, 0.25) is 0 Å². The lowest BCUT2D eigenvalue weighted by molar-refractivity contribution is -0.142. The SMILES string of the molecule is C=CC(=O)OC(C=Cc1ccccc1)C(C)C. The van der Waals surface area contributed by atoms with E-state index in [1.54, 1.807) is 0 Å². The molecular weight excluding hydrogens is 212 g/mol. The van der Waals surface area contributed by atoms with Gasteiger partial charge in [-0.2, -0.15) is 0 Å². The molecule has 0 aliphatic carbocycles. The molecule has 2 nitrogen and oxygen atoms in total. The Balaban J connectivity index is 2.70. The first kappa shape index (κ1) is 13.2. The van der Waals surface area contributed by atoms with Crippen molar-refractivity contribution in [3.63, 3.8) is 0 Å². The maximum Gasteiger partial charge on any atom is 0.330 e. The molecule has 0 aliphatic heterocycles. The lowest BCUT2D eigenvalue weighted by Gasteiger charge is -2.16. The standard InChI is InChI=1S/C15H18O2/c1-4-15(16)17-14(12(2)3)11-10-13-8-6-5-7-9-13/h4-12,14H,1H2,2-3H3. The molecule has 0 radical (unpaired) electrons. The summed E-state index contributed by atoms with van der Waals surface area (Å²) in [5.41, 5.74) is 1.09. The Morgan fingerprint density at radius 1 is 1.29 bits per heavy atom. The van der Waals surface area contributed by atoms with Gasteiger partial charge in [-0.3, -0.25) is 0 Å². The first-order valence-electron chi connectivity index (χ1n) is 5.69. The van der Waals surface area contributed by atoms with Crippen LogP contribution in [0, 0.1) is 5.92 Å². The summed E-state index contributed by atoms with van der Waals surface area (Å²) in [6.07, 6.45) is 4.83. The molecule has 90 valence electrons. The van der Waals surface area contributed by atoms with Gasteiger partial charge in [0, 0.05) is 6.08 Å². The van der Waals surface area contributed by atoms with Crippen molar-refractivity contribution in [1.29, 1.82) is 0 Å². The molecule has 1 rings (SSSR count). The topological polar surface area (TPSA) is 26.3 Å². The second kappa shape index (κ2) is 6.69. The molecule has 0 bridgehead atoms. The molecule has 0 saturated carbocycles. The first-order chi connectivity index (χ1) is 8.13. The smallest absolute Gasteiger partial charge is 0.330 e. The molecule has 1 aromatic carbocycles. The molecule has 0 heterocycles. The Morgan fingerprint density at radius 2 is 1.94 bits per heavy atom. The van der Waals surface area contributed by atoms with Crippen LogP contribution < -0.4 is 0 Å². The predicted octanol–water partition coefficient (Wildman–Crippen LogP) is 3.45. The number of ether oxygens (including phenoxy) is 1. The van der Waals surface area contributed by atoms with Crippen molar-refractivity contribution in [1.82, 2.24) is 0 Å². The van der Waals surface area contributed by atoms with E-state index >= 15 is 0 Å². The Bertz CT molecular complexity index is 391. The summed E-state index contributed by atoms with van der Waals surface area (Å²) >= 11 is 0. The van der Waals surface area contributed by atoms with Crippen molar-refractivity contribution < 1.29 is 9.53 Å². The van der Waals surface area contributed by atoms with E-state index in [0.717, 1.165) is 5.56 Å². The highest BCUT2D eigenvalue weighted by Gasteiger charge is 2.13. The van der Waals surface area contributed by atoms with E-state index in [9.17, 15) is 4.79 Å². The van der Waals surface area contributed by atoms with E-state index in [1.807, 2.05) is 56.3 Å². The summed E-state index contributed by atoms with van der Waals surface area (Å²) in [6, 6.07) is 9.92. The molecule has 0 fully saturated rings. The van der Waals surface area contributed by atoms with Gasteiger partial charge in [-0.25, -0.2) is 4.79 Å². The number of carbonyl (C=O) groups is 1. The minimum Gasteiger partial charge on any atom is -0.455 e. The normalized spacial score (nSPS) is 12.6. The highest BCUT2D eigenvalue weighted by molar-refractivity contribution is 5.81. The lowest BCUT2D eigenvalue weighted by Crippen LogP contribution is -2.20. The third-order valence-electron chi connectivity index (χ3n) is 2.35. The summed E-state index contributed by atoms with van der Waals surface area (Å²) in [7, 11) is 0. The molecular formula is C15H18O2. The lowest BCUT2D eigenvalue weighted by atomic mass is 10.1. The van der Waals surface area contributed by atoms with E-state index in [4.69, 9.17) is 4.74 Å². The van der Waals surface area contributed by atoms with Gasteiger partial charge in [-0.1, -0.05) is 56.8 Å². The van der Waals surface area contributed by atoms with Gasteiger partial charge in [-0.05, 0) is 17.6 Å². The van der Waals surface area contributed by atoms with Crippen LogP contribution in [0.4, 0.5) is 0 Å². The van der Waals surface area contributed by atoms with Gasteiger partial charge in [0.25, 0.3) is 0 Å². The van der Waals surface area contributed by atoms with Gasteiger partial charge in [0.1, 0.15) is 6.10 Å². The zero-order valence-electron chi connectivity index (χ0n) is 10.3. The van der Waals surface area contributed by atoms with Gasteiger partial charge in [-0.15, -0.1) is 0 Å². The Labute approximate surface area is 103 Å². The van der Waals surface area contributed by atoms with Crippen molar-refractivity contribution >= 4 is 12.0 Å². The largest absolute Gasteiger partial charge is 0.455 e.